The molecule has 0 atom stereocenters. The number of terminal acetylenes is 1. The van der Waals surface area contributed by atoms with Crippen molar-refractivity contribution in [1.82, 2.24) is 0 Å². The van der Waals surface area contributed by atoms with Crippen molar-refractivity contribution in [3.63, 3.8) is 0 Å². The Hall–Kier alpha value is -2.21. The predicted molar refractivity (Wildman–Crippen MR) is 55.8 cm³/mol. The fourth-order valence-electron chi connectivity index (χ4n) is 1.63. The van der Waals surface area contributed by atoms with Gasteiger partial charge in [0, 0.05) is 16.5 Å². The Morgan fingerprint density at radius 3 is 2.87 bits per heavy atom. The number of carboxylic acids is 1. The van der Waals surface area contributed by atoms with Gasteiger partial charge in [0.05, 0.1) is 0 Å². The summed E-state index contributed by atoms with van der Waals surface area (Å²) in [5.41, 5.74) is 1.74. The molecule has 15 heavy (non-hydrogen) atoms. The van der Waals surface area contributed by atoms with Gasteiger partial charge in [-0.1, -0.05) is 12.0 Å². The molecule has 0 fully saturated rings. The van der Waals surface area contributed by atoms with E-state index in [1.165, 1.54) is 0 Å². The molecule has 0 saturated carbocycles. The third kappa shape index (κ3) is 1.27. The van der Waals surface area contributed by atoms with E-state index in [1.807, 2.05) is 0 Å². The number of aromatic carboxylic acids is 1. The number of carboxylic acid groups (broad SMARTS) is 1. The lowest BCUT2D eigenvalue weighted by molar-refractivity contribution is 0.0664. The molecule has 2 aromatic rings. The van der Waals surface area contributed by atoms with Crippen LogP contribution in [0.1, 0.15) is 21.7 Å². The van der Waals surface area contributed by atoms with Crippen LogP contribution in [0, 0.1) is 19.3 Å². The summed E-state index contributed by atoms with van der Waals surface area (Å²) in [5, 5.41) is 9.59. The number of hydrogen-bond acceptors (Lipinski definition) is 2. The third-order valence-electron chi connectivity index (χ3n) is 2.30. The van der Waals surface area contributed by atoms with Crippen LogP contribution in [0.15, 0.2) is 22.6 Å². The summed E-state index contributed by atoms with van der Waals surface area (Å²) in [4.78, 5) is 10.8. The Bertz CT molecular complexity index is 585. The first-order valence-electron chi connectivity index (χ1n) is 4.37. The molecule has 1 aromatic heterocycles. The number of fused-ring (bicyclic) bond motifs is 1. The van der Waals surface area contributed by atoms with Gasteiger partial charge in [-0.05, 0) is 19.1 Å². The maximum absolute atomic E-state index is 10.8. The monoisotopic (exact) mass is 200 g/mol. The normalized spacial score (nSPS) is 10.1. The Morgan fingerprint density at radius 2 is 2.27 bits per heavy atom. The van der Waals surface area contributed by atoms with Crippen molar-refractivity contribution in [1.29, 1.82) is 0 Å². The van der Waals surface area contributed by atoms with Crippen LogP contribution in [0.3, 0.4) is 0 Å². The van der Waals surface area contributed by atoms with Crippen molar-refractivity contribution >= 4 is 16.9 Å². The molecule has 1 N–H and O–H groups in total. The molecule has 1 heterocycles. The molecule has 0 spiro atoms. The zero-order chi connectivity index (χ0) is 11.0. The van der Waals surface area contributed by atoms with Gasteiger partial charge in [-0.25, -0.2) is 4.79 Å². The fourth-order valence-corrected chi connectivity index (χ4v) is 1.63. The van der Waals surface area contributed by atoms with Crippen molar-refractivity contribution in [2.75, 3.05) is 0 Å². The lowest BCUT2D eigenvalue weighted by Crippen LogP contribution is -1.95. The van der Waals surface area contributed by atoms with E-state index in [4.69, 9.17) is 15.9 Å². The SMILES string of the molecule is C#Cc1cccc2oc(C(=O)O)c(C)c12. The van der Waals surface area contributed by atoms with Crippen LogP contribution in [0.5, 0.6) is 0 Å². The highest BCUT2D eigenvalue weighted by molar-refractivity contribution is 5.97. The number of carbonyl (C=O) groups is 1. The minimum absolute atomic E-state index is 0.0484. The molecule has 0 aliphatic heterocycles. The van der Waals surface area contributed by atoms with Gasteiger partial charge in [-0.2, -0.15) is 0 Å². The topological polar surface area (TPSA) is 50.4 Å². The molecule has 2 rings (SSSR count). The predicted octanol–water partition coefficient (Wildman–Crippen LogP) is 2.42. The summed E-state index contributed by atoms with van der Waals surface area (Å²) in [5.74, 6) is 1.38. The lowest BCUT2D eigenvalue weighted by Gasteiger charge is -1.93. The lowest BCUT2D eigenvalue weighted by atomic mass is 10.1. The van der Waals surface area contributed by atoms with Gasteiger partial charge >= 0.3 is 5.97 Å². The molecule has 74 valence electrons. The summed E-state index contributed by atoms with van der Waals surface area (Å²) in [6.45, 7) is 1.69. The maximum Gasteiger partial charge on any atom is 0.372 e. The van der Waals surface area contributed by atoms with Gasteiger partial charge in [0.2, 0.25) is 5.76 Å². The van der Waals surface area contributed by atoms with Crippen molar-refractivity contribution in [3.8, 4) is 12.3 Å². The van der Waals surface area contributed by atoms with Crippen molar-refractivity contribution in [3.05, 3.63) is 35.1 Å². The van der Waals surface area contributed by atoms with E-state index in [1.54, 1.807) is 25.1 Å². The largest absolute Gasteiger partial charge is 0.475 e. The summed E-state index contributed by atoms with van der Waals surface area (Å²) < 4.78 is 5.21. The number of hydrogen-bond donors (Lipinski definition) is 1. The number of benzene rings is 1. The average Bonchev–Trinajstić information content (AvgIpc) is 2.56. The van der Waals surface area contributed by atoms with E-state index in [9.17, 15) is 4.79 Å². The van der Waals surface area contributed by atoms with Gasteiger partial charge in [0.25, 0.3) is 0 Å². The molecule has 3 nitrogen and oxygen atoms in total. The minimum Gasteiger partial charge on any atom is -0.475 e. The molecule has 3 heteroatoms. The average molecular weight is 200 g/mol. The first-order valence-corrected chi connectivity index (χ1v) is 4.37. The molecule has 0 aliphatic carbocycles. The van der Waals surface area contributed by atoms with E-state index in [-0.39, 0.29) is 5.76 Å². The Balaban J connectivity index is 2.90. The smallest absolute Gasteiger partial charge is 0.372 e. The van der Waals surface area contributed by atoms with Crippen LogP contribution in [-0.2, 0) is 0 Å². The molecule has 0 bridgehead atoms. The number of furan rings is 1. The van der Waals surface area contributed by atoms with E-state index in [0.717, 1.165) is 0 Å². The van der Waals surface area contributed by atoms with E-state index in [0.29, 0.717) is 22.1 Å². The van der Waals surface area contributed by atoms with Crippen LogP contribution in [0.2, 0.25) is 0 Å². The highest BCUT2D eigenvalue weighted by atomic mass is 16.4. The van der Waals surface area contributed by atoms with Crippen molar-refractivity contribution in [2.24, 2.45) is 0 Å². The Morgan fingerprint density at radius 1 is 1.53 bits per heavy atom. The zero-order valence-electron chi connectivity index (χ0n) is 8.07. The molecule has 1 aromatic carbocycles. The van der Waals surface area contributed by atoms with Crippen LogP contribution >= 0.6 is 0 Å². The molecule has 0 aliphatic rings. The van der Waals surface area contributed by atoms with Gasteiger partial charge in [0.15, 0.2) is 0 Å². The fraction of sp³-hybridized carbons (Fsp3) is 0.0833. The number of aryl methyl sites for hydroxylation is 1. The molecule has 0 amide bonds. The van der Waals surface area contributed by atoms with Crippen molar-refractivity contribution in [2.45, 2.75) is 6.92 Å². The first kappa shape index (κ1) is 9.35. The van der Waals surface area contributed by atoms with Crippen molar-refractivity contribution < 1.29 is 14.3 Å². The Labute approximate surface area is 86.3 Å². The van der Waals surface area contributed by atoms with Gasteiger partial charge < -0.3 is 9.52 Å². The standard InChI is InChI=1S/C12H8O3/c1-3-8-5-4-6-9-10(8)7(2)11(15-9)12(13)14/h1,4-6H,2H3,(H,13,14). The van der Waals surface area contributed by atoms with Gasteiger partial charge in [-0.15, -0.1) is 6.42 Å². The van der Waals surface area contributed by atoms with E-state index in [2.05, 4.69) is 5.92 Å². The summed E-state index contributed by atoms with van der Waals surface area (Å²) >= 11 is 0. The first-order chi connectivity index (χ1) is 7.15. The second kappa shape index (κ2) is 3.18. The summed E-state index contributed by atoms with van der Waals surface area (Å²) in [7, 11) is 0. The van der Waals surface area contributed by atoms with Crippen LogP contribution in [0.25, 0.3) is 11.0 Å². The van der Waals surface area contributed by atoms with Crippen LogP contribution in [0.4, 0.5) is 0 Å². The van der Waals surface area contributed by atoms with Crippen LogP contribution in [-0.4, -0.2) is 11.1 Å². The number of rotatable bonds is 1. The summed E-state index contributed by atoms with van der Waals surface area (Å²) in [6.07, 6.45) is 5.33. The maximum atomic E-state index is 10.8. The highest BCUT2D eigenvalue weighted by Gasteiger charge is 2.17. The highest BCUT2D eigenvalue weighted by Crippen LogP contribution is 2.27. The van der Waals surface area contributed by atoms with E-state index < -0.39 is 5.97 Å². The molecular formula is C12H8O3. The molecule has 0 unspecified atom stereocenters. The van der Waals surface area contributed by atoms with Crippen LogP contribution < -0.4 is 0 Å². The second-order valence-corrected chi connectivity index (χ2v) is 3.18. The second-order valence-electron chi connectivity index (χ2n) is 3.18. The molecule has 0 radical (unpaired) electrons. The Kier molecular flexibility index (Phi) is 1.98. The third-order valence-corrected chi connectivity index (χ3v) is 2.30. The molecule has 0 saturated heterocycles. The van der Waals surface area contributed by atoms with E-state index >= 15 is 0 Å². The quantitative estimate of drug-likeness (QED) is 0.719. The zero-order valence-corrected chi connectivity index (χ0v) is 8.07. The summed E-state index contributed by atoms with van der Waals surface area (Å²) in [6, 6.07) is 5.21. The minimum atomic E-state index is -1.08. The van der Waals surface area contributed by atoms with Gasteiger partial charge in [0.1, 0.15) is 5.58 Å². The van der Waals surface area contributed by atoms with Gasteiger partial charge in [-0.3, -0.25) is 0 Å². The molecular weight excluding hydrogens is 192 g/mol.